The number of rotatable bonds is 3. The molecule has 2 N–H and O–H groups in total. The fourth-order valence-electron chi connectivity index (χ4n) is 2.40. The molecule has 0 saturated carbocycles. The standard InChI is InChI=1S/C17H11F2N5/c18-12-4-2-1-3-11(12)17-20-6-5-16(23-17)22-15-7-10-9-21-24-14(10)8-13(15)19/h1-9H,(H,21,24)(H,20,22,23). The van der Waals surface area contributed by atoms with E-state index in [0.717, 1.165) is 5.39 Å². The first-order valence-corrected chi connectivity index (χ1v) is 7.18. The highest BCUT2D eigenvalue weighted by Gasteiger charge is 2.10. The van der Waals surface area contributed by atoms with Crippen molar-refractivity contribution in [2.24, 2.45) is 0 Å². The fourth-order valence-corrected chi connectivity index (χ4v) is 2.40. The number of nitrogens with zero attached hydrogens (tertiary/aromatic N) is 3. The first-order chi connectivity index (χ1) is 11.7. The lowest BCUT2D eigenvalue weighted by atomic mass is 10.2. The largest absolute Gasteiger partial charge is 0.338 e. The van der Waals surface area contributed by atoms with Crippen molar-refractivity contribution < 1.29 is 8.78 Å². The number of aromatic nitrogens is 4. The third-order valence-corrected chi connectivity index (χ3v) is 3.56. The molecule has 0 radical (unpaired) electrons. The number of benzene rings is 2. The zero-order valence-corrected chi connectivity index (χ0v) is 12.3. The lowest BCUT2D eigenvalue weighted by Crippen LogP contribution is -1.99. The number of anilines is 2. The molecule has 0 atom stereocenters. The SMILES string of the molecule is Fc1cc2[nH]ncc2cc1Nc1ccnc(-c2ccccc2F)n1. The summed E-state index contributed by atoms with van der Waals surface area (Å²) >= 11 is 0. The highest BCUT2D eigenvalue weighted by atomic mass is 19.1. The third-order valence-electron chi connectivity index (χ3n) is 3.56. The van der Waals surface area contributed by atoms with Crippen LogP contribution in [0.5, 0.6) is 0 Å². The summed E-state index contributed by atoms with van der Waals surface area (Å²) < 4.78 is 28.0. The molecular weight excluding hydrogens is 312 g/mol. The molecule has 0 aliphatic heterocycles. The van der Waals surface area contributed by atoms with Gasteiger partial charge in [0.25, 0.3) is 0 Å². The molecule has 0 spiro atoms. The summed E-state index contributed by atoms with van der Waals surface area (Å²) in [6.07, 6.45) is 3.09. The summed E-state index contributed by atoms with van der Waals surface area (Å²) in [7, 11) is 0. The third kappa shape index (κ3) is 2.56. The van der Waals surface area contributed by atoms with Crippen LogP contribution in [0.3, 0.4) is 0 Å². The fraction of sp³-hybridized carbons (Fsp3) is 0. The van der Waals surface area contributed by atoms with Crippen LogP contribution >= 0.6 is 0 Å². The highest BCUT2D eigenvalue weighted by Crippen LogP contribution is 2.25. The van der Waals surface area contributed by atoms with Crippen molar-refractivity contribution in [2.75, 3.05) is 5.32 Å². The first kappa shape index (κ1) is 14.3. The Hall–Kier alpha value is -3.35. The van der Waals surface area contributed by atoms with Gasteiger partial charge in [-0.15, -0.1) is 0 Å². The maximum atomic E-state index is 14.2. The Morgan fingerprint density at radius 2 is 1.88 bits per heavy atom. The number of nitrogens with one attached hydrogen (secondary N) is 2. The van der Waals surface area contributed by atoms with Gasteiger partial charge in [-0.05, 0) is 24.3 Å². The maximum absolute atomic E-state index is 14.2. The summed E-state index contributed by atoms with van der Waals surface area (Å²) in [5, 5.41) is 10.2. The van der Waals surface area contributed by atoms with Gasteiger partial charge in [0.2, 0.25) is 0 Å². The minimum absolute atomic E-state index is 0.225. The van der Waals surface area contributed by atoms with Gasteiger partial charge in [-0.25, -0.2) is 18.7 Å². The Kier molecular flexibility index (Phi) is 3.38. The topological polar surface area (TPSA) is 66.5 Å². The average Bonchev–Trinajstić information content (AvgIpc) is 3.03. The monoisotopic (exact) mass is 323 g/mol. The Morgan fingerprint density at radius 1 is 1.00 bits per heavy atom. The van der Waals surface area contributed by atoms with Crippen LogP contribution < -0.4 is 5.32 Å². The molecule has 2 aromatic carbocycles. The number of H-pyrrole nitrogens is 1. The summed E-state index contributed by atoms with van der Waals surface area (Å²) in [6, 6.07) is 10.8. The van der Waals surface area contributed by atoms with Crippen LogP contribution in [0.4, 0.5) is 20.3 Å². The number of aromatic amines is 1. The Morgan fingerprint density at radius 3 is 2.75 bits per heavy atom. The van der Waals surface area contributed by atoms with Crippen LogP contribution in [0.1, 0.15) is 0 Å². The van der Waals surface area contributed by atoms with E-state index in [9.17, 15) is 8.78 Å². The Bertz CT molecular complexity index is 1030. The molecule has 4 aromatic rings. The molecule has 0 unspecified atom stereocenters. The van der Waals surface area contributed by atoms with Gasteiger partial charge in [0.05, 0.1) is 23.0 Å². The van der Waals surface area contributed by atoms with E-state index in [1.54, 1.807) is 36.5 Å². The van der Waals surface area contributed by atoms with Crippen LogP contribution in [0.15, 0.2) is 54.9 Å². The van der Waals surface area contributed by atoms with Gasteiger partial charge in [-0.1, -0.05) is 12.1 Å². The predicted octanol–water partition coefficient (Wildman–Crippen LogP) is 4.04. The molecule has 0 aliphatic rings. The van der Waals surface area contributed by atoms with Gasteiger partial charge in [-0.3, -0.25) is 5.10 Å². The molecule has 0 aliphatic carbocycles. The van der Waals surface area contributed by atoms with Gasteiger partial charge in [0, 0.05) is 17.6 Å². The van der Waals surface area contributed by atoms with Crippen molar-refractivity contribution in [3.8, 4) is 11.4 Å². The number of fused-ring (bicyclic) bond motifs is 1. The van der Waals surface area contributed by atoms with E-state index < -0.39 is 11.6 Å². The quantitative estimate of drug-likeness (QED) is 0.597. The van der Waals surface area contributed by atoms with Crippen LogP contribution in [-0.2, 0) is 0 Å². The number of halogens is 2. The second-order valence-electron chi connectivity index (χ2n) is 5.16. The van der Waals surface area contributed by atoms with Crippen LogP contribution in [0, 0.1) is 11.6 Å². The second kappa shape index (κ2) is 5.69. The summed E-state index contributed by atoms with van der Waals surface area (Å²) in [5.41, 5.74) is 1.14. The molecule has 2 aromatic heterocycles. The molecule has 7 heteroatoms. The maximum Gasteiger partial charge on any atom is 0.164 e. The minimum Gasteiger partial charge on any atom is -0.338 e. The van der Waals surface area contributed by atoms with Gasteiger partial charge in [0.15, 0.2) is 5.82 Å². The van der Waals surface area contributed by atoms with Gasteiger partial charge in [-0.2, -0.15) is 5.10 Å². The number of hydrogen-bond acceptors (Lipinski definition) is 4. The van der Waals surface area contributed by atoms with Crippen molar-refractivity contribution in [3.05, 3.63) is 66.5 Å². The molecule has 24 heavy (non-hydrogen) atoms. The van der Waals surface area contributed by atoms with E-state index >= 15 is 0 Å². The molecule has 5 nitrogen and oxygen atoms in total. The van der Waals surface area contributed by atoms with E-state index in [0.29, 0.717) is 11.3 Å². The smallest absolute Gasteiger partial charge is 0.164 e. The van der Waals surface area contributed by atoms with Crippen molar-refractivity contribution in [3.63, 3.8) is 0 Å². The Balaban J connectivity index is 1.71. The minimum atomic E-state index is -0.446. The van der Waals surface area contributed by atoms with Crippen molar-refractivity contribution >= 4 is 22.4 Å². The van der Waals surface area contributed by atoms with E-state index in [4.69, 9.17) is 0 Å². The predicted molar refractivity (Wildman–Crippen MR) is 86.8 cm³/mol. The zero-order chi connectivity index (χ0) is 16.5. The lowest BCUT2D eigenvalue weighted by Gasteiger charge is -2.08. The van der Waals surface area contributed by atoms with Crippen molar-refractivity contribution in [1.82, 2.24) is 20.2 Å². The number of hydrogen-bond donors (Lipinski definition) is 2. The first-order valence-electron chi connectivity index (χ1n) is 7.18. The molecular formula is C17H11F2N5. The zero-order valence-electron chi connectivity index (χ0n) is 12.3. The van der Waals surface area contributed by atoms with E-state index in [1.165, 1.54) is 18.3 Å². The van der Waals surface area contributed by atoms with Gasteiger partial charge >= 0.3 is 0 Å². The molecule has 0 amide bonds. The summed E-state index contributed by atoms with van der Waals surface area (Å²) in [6.45, 7) is 0. The average molecular weight is 323 g/mol. The summed E-state index contributed by atoms with van der Waals surface area (Å²) in [5.74, 6) is -0.272. The second-order valence-corrected chi connectivity index (χ2v) is 5.16. The van der Waals surface area contributed by atoms with Crippen molar-refractivity contribution in [1.29, 1.82) is 0 Å². The lowest BCUT2D eigenvalue weighted by molar-refractivity contribution is 0.629. The van der Waals surface area contributed by atoms with Crippen LogP contribution in [-0.4, -0.2) is 20.2 Å². The molecule has 4 rings (SSSR count). The van der Waals surface area contributed by atoms with Crippen molar-refractivity contribution in [2.45, 2.75) is 0 Å². The van der Waals surface area contributed by atoms with E-state index in [1.807, 2.05) is 0 Å². The molecule has 0 saturated heterocycles. The highest BCUT2D eigenvalue weighted by molar-refractivity contribution is 5.83. The van der Waals surface area contributed by atoms with Crippen LogP contribution in [0.25, 0.3) is 22.3 Å². The molecule has 0 bridgehead atoms. The van der Waals surface area contributed by atoms with Crippen LogP contribution in [0.2, 0.25) is 0 Å². The molecule has 118 valence electrons. The Labute approximate surface area is 135 Å². The normalized spacial score (nSPS) is 10.9. The van der Waals surface area contributed by atoms with E-state index in [-0.39, 0.29) is 17.1 Å². The molecule has 0 fully saturated rings. The van der Waals surface area contributed by atoms with Gasteiger partial charge in [0.1, 0.15) is 17.5 Å². The summed E-state index contributed by atoms with van der Waals surface area (Å²) in [4.78, 5) is 8.33. The van der Waals surface area contributed by atoms with E-state index in [2.05, 4.69) is 25.5 Å². The van der Waals surface area contributed by atoms with Gasteiger partial charge < -0.3 is 5.32 Å². The molecule has 2 heterocycles.